The standard InChI is InChI=1S/C16H19N3O/c20-15(13-11-17-18-12-13)19-16(9-5-2-6-10-16)14-7-3-1-4-8-14/h1,3-4,7-8,11-12H,2,5-6,9-10H2,(H,17,18)(H,19,20). The van der Waals surface area contributed by atoms with Crippen LogP contribution in [0.2, 0.25) is 0 Å². The van der Waals surface area contributed by atoms with Gasteiger partial charge in [-0.15, -0.1) is 0 Å². The van der Waals surface area contributed by atoms with Crippen molar-refractivity contribution in [2.75, 3.05) is 0 Å². The summed E-state index contributed by atoms with van der Waals surface area (Å²) in [4.78, 5) is 12.4. The van der Waals surface area contributed by atoms with Gasteiger partial charge in [-0.2, -0.15) is 5.10 Å². The molecule has 0 unspecified atom stereocenters. The molecule has 1 aliphatic rings. The molecule has 4 nitrogen and oxygen atoms in total. The van der Waals surface area contributed by atoms with Gasteiger partial charge in [-0.25, -0.2) is 0 Å². The molecule has 1 heterocycles. The van der Waals surface area contributed by atoms with Crippen molar-refractivity contribution in [1.82, 2.24) is 15.5 Å². The molecule has 4 heteroatoms. The lowest BCUT2D eigenvalue weighted by atomic mass is 9.76. The molecule has 1 aromatic heterocycles. The molecule has 0 atom stereocenters. The average molecular weight is 269 g/mol. The monoisotopic (exact) mass is 269 g/mol. The minimum absolute atomic E-state index is 0.0514. The van der Waals surface area contributed by atoms with Gasteiger partial charge in [0.05, 0.1) is 17.3 Å². The van der Waals surface area contributed by atoms with Crippen molar-refractivity contribution in [2.24, 2.45) is 0 Å². The normalized spacial score (nSPS) is 17.6. The first-order valence-electron chi connectivity index (χ1n) is 7.17. The van der Waals surface area contributed by atoms with Crippen molar-refractivity contribution in [2.45, 2.75) is 37.6 Å². The fraction of sp³-hybridized carbons (Fsp3) is 0.375. The summed E-state index contributed by atoms with van der Waals surface area (Å²) in [7, 11) is 0. The molecule has 2 N–H and O–H groups in total. The number of nitrogens with one attached hydrogen (secondary N) is 2. The highest BCUT2D eigenvalue weighted by molar-refractivity contribution is 5.94. The highest BCUT2D eigenvalue weighted by Gasteiger charge is 2.35. The number of aromatic amines is 1. The Morgan fingerprint density at radius 2 is 1.90 bits per heavy atom. The van der Waals surface area contributed by atoms with Crippen molar-refractivity contribution >= 4 is 5.91 Å². The van der Waals surface area contributed by atoms with Crippen LogP contribution in [0.4, 0.5) is 0 Å². The van der Waals surface area contributed by atoms with E-state index in [9.17, 15) is 4.79 Å². The van der Waals surface area contributed by atoms with Gasteiger partial charge in [0.15, 0.2) is 0 Å². The molecular weight excluding hydrogens is 250 g/mol. The molecule has 104 valence electrons. The number of H-pyrrole nitrogens is 1. The smallest absolute Gasteiger partial charge is 0.255 e. The maximum atomic E-state index is 12.4. The van der Waals surface area contributed by atoms with Gasteiger partial charge in [0.2, 0.25) is 0 Å². The van der Waals surface area contributed by atoms with Gasteiger partial charge in [-0.3, -0.25) is 9.89 Å². The van der Waals surface area contributed by atoms with E-state index in [2.05, 4.69) is 27.6 Å². The SMILES string of the molecule is O=C(NC1(c2ccccc2)CCCCC1)c1cn[nH]c1. The zero-order chi connectivity index (χ0) is 13.8. The number of rotatable bonds is 3. The molecule has 2 aromatic rings. The first-order valence-corrected chi connectivity index (χ1v) is 7.17. The zero-order valence-electron chi connectivity index (χ0n) is 11.4. The maximum absolute atomic E-state index is 12.4. The molecule has 0 radical (unpaired) electrons. The first-order chi connectivity index (χ1) is 9.80. The van der Waals surface area contributed by atoms with Crippen LogP contribution < -0.4 is 5.32 Å². The van der Waals surface area contributed by atoms with E-state index in [0.29, 0.717) is 5.56 Å². The summed E-state index contributed by atoms with van der Waals surface area (Å²) in [6.07, 6.45) is 8.76. The molecule has 0 saturated heterocycles. The third-order valence-corrected chi connectivity index (χ3v) is 4.15. The molecule has 1 aliphatic carbocycles. The van der Waals surface area contributed by atoms with Crippen LogP contribution in [0, 0.1) is 0 Å². The Morgan fingerprint density at radius 1 is 1.15 bits per heavy atom. The second kappa shape index (κ2) is 5.49. The van der Waals surface area contributed by atoms with Gasteiger partial charge in [0, 0.05) is 6.20 Å². The average Bonchev–Trinajstić information content (AvgIpc) is 3.03. The van der Waals surface area contributed by atoms with Crippen LogP contribution in [0.25, 0.3) is 0 Å². The second-order valence-electron chi connectivity index (χ2n) is 5.45. The summed E-state index contributed by atoms with van der Waals surface area (Å²) in [5.41, 5.74) is 1.57. The number of benzene rings is 1. The molecule has 0 bridgehead atoms. The Labute approximate surface area is 118 Å². The number of hydrogen-bond donors (Lipinski definition) is 2. The van der Waals surface area contributed by atoms with Crippen LogP contribution in [-0.2, 0) is 5.54 Å². The summed E-state index contributed by atoms with van der Waals surface area (Å²) in [6, 6.07) is 10.3. The van der Waals surface area contributed by atoms with E-state index in [0.717, 1.165) is 25.7 Å². The van der Waals surface area contributed by atoms with Crippen molar-refractivity contribution in [3.8, 4) is 0 Å². The van der Waals surface area contributed by atoms with Gasteiger partial charge in [0.25, 0.3) is 5.91 Å². The zero-order valence-corrected chi connectivity index (χ0v) is 11.4. The summed E-state index contributed by atoms with van der Waals surface area (Å²) < 4.78 is 0. The van der Waals surface area contributed by atoms with Crippen molar-refractivity contribution in [3.05, 3.63) is 53.9 Å². The second-order valence-corrected chi connectivity index (χ2v) is 5.45. The van der Waals surface area contributed by atoms with E-state index in [4.69, 9.17) is 0 Å². The summed E-state index contributed by atoms with van der Waals surface area (Å²) in [6.45, 7) is 0. The van der Waals surface area contributed by atoms with Crippen molar-refractivity contribution in [3.63, 3.8) is 0 Å². The van der Waals surface area contributed by atoms with E-state index in [1.54, 1.807) is 12.4 Å². The first kappa shape index (κ1) is 12.9. The van der Waals surface area contributed by atoms with Crippen LogP contribution in [-0.4, -0.2) is 16.1 Å². The minimum atomic E-state index is -0.228. The molecule has 1 aromatic carbocycles. The van der Waals surface area contributed by atoms with Gasteiger partial charge < -0.3 is 5.32 Å². The Kier molecular flexibility index (Phi) is 3.54. The number of carbonyl (C=O) groups excluding carboxylic acids is 1. The molecule has 1 amide bonds. The van der Waals surface area contributed by atoms with E-state index >= 15 is 0 Å². The van der Waals surface area contributed by atoms with Gasteiger partial charge >= 0.3 is 0 Å². The van der Waals surface area contributed by atoms with E-state index < -0.39 is 0 Å². The molecule has 3 rings (SSSR count). The quantitative estimate of drug-likeness (QED) is 0.900. The molecule has 0 aliphatic heterocycles. The highest BCUT2D eigenvalue weighted by atomic mass is 16.1. The van der Waals surface area contributed by atoms with Gasteiger partial charge in [0.1, 0.15) is 0 Å². The highest BCUT2D eigenvalue weighted by Crippen LogP contribution is 2.37. The van der Waals surface area contributed by atoms with Crippen LogP contribution in [0.15, 0.2) is 42.7 Å². The summed E-state index contributed by atoms with van der Waals surface area (Å²) >= 11 is 0. The number of hydrogen-bond acceptors (Lipinski definition) is 2. The van der Waals surface area contributed by atoms with E-state index in [1.165, 1.54) is 12.0 Å². The lowest BCUT2D eigenvalue weighted by molar-refractivity contribution is 0.0866. The van der Waals surface area contributed by atoms with Gasteiger partial charge in [-0.1, -0.05) is 49.6 Å². The Bertz CT molecular complexity index is 557. The van der Waals surface area contributed by atoms with Crippen molar-refractivity contribution < 1.29 is 4.79 Å². The molecular formula is C16H19N3O. The number of nitrogens with zero attached hydrogens (tertiary/aromatic N) is 1. The Morgan fingerprint density at radius 3 is 2.55 bits per heavy atom. The predicted molar refractivity (Wildman–Crippen MR) is 77.3 cm³/mol. The molecule has 0 spiro atoms. The Balaban J connectivity index is 1.88. The van der Waals surface area contributed by atoms with Gasteiger partial charge in [-0.05, 0) is 18.4 Å². The summed E-state index contributed by atoms with van der Waals surface area (Å²) in [5.74, 6) is -0.0514. The van der Waals surface area contributed by atoms with Crippen molar-refractivity contribution in [1.29, 1.82) is 0 Å². The third-order valence-electron chi connectivity index (χ3n) is 4.15. The van der Waals surface area contributed by atoms with Crippen LogP contribution in [0.1, 0.15) is 48.0 Å². The Hall–Kier alpha value is -2.10. The van der Waals surface area contributed by atoms with E-state index in [1.807, 2.05) is 18.2 Å². The topological polar surface area (TPSA) is 57.8 Å². The maximum Gasteiger partial charge on any atom is 0.255 e. The fourth-order valence-corrected chi connectivity index (χ4v) is 3.06. The minimum Gasteiger partial charge on any atom is -0.342 e. The number of aromatic nitrogens is 2. The molecule has 20 heavy (non-hydrogen) atoms. The lowest BCUT2D eigenvalue weighted by Gasteiger charge is -2.38. The third kappa shape index (κ3) is 2.46. The molecule has 1 fully saturated rings. The van der Waals surface area contributed by atoms with Crippen LogP contribution in [0.3, 0.4) is 0 Å². The number of amides is 1. The van der Waals surface area contributed by atoms with E-state index in [-0.39, 0.29) is 11.4 Å². The number of carbonyl (C=O) groups is 1. The summed E-state index contributed by atoms with van der Waals surface area (Å²) in [5, 5.41) is 9.79. The molecule has 1 saturated carbocycles. The van der Waals surface area contributed by atoms with Crippen LogP contribution >= 0.6 is 0 Å². The predicted octanol–water partition coefficient (Wildman–Crippen LogP) is 3.00. The van der Waals surface area contributed by atoms with Crippen LogP contribution in [0.5, 0.6) is 0 Å². The fourth-order valence-electron chi connectivity index (χ4n) is 3.06. The lowest BCUT2D eigenvalue weighted by Crippen LogP contribution is -2.47. The largest absolute Gasteiger partial charge is 0.342 e.